The molecule has 0 aliphatic carbocycles. The summed E-state index contributed by atoms with van der Waals surface area (Å²) in [6.07, 6.45) is 3.33. The van der Waals surface area contributed by atoms with Gasteiger partial charge in [-0.3, -0.25) is 9.55 Å². The second-order valence-electron chi connectivity index (χ2n) is 16.6. The lowest BCUT2D eigenvalue weighted by molar-refractivity contribution is -0.0378. The summed E-state index contributed by atoms with van der Waals surface area (Å²) in [6.45, 7) is 30.7. The summed E-state index contributed by atoms with van der Waals surface area (Å²) in [5.74, 6) is 1.20. The molecule has 1 aliphatic heterocycles. The number of imidazole rings is 1. The van der Waals surface area contributed by atoms with Crippen LogP contribution in [0.15, 0.2) is 24.5 Å². The summed E-state index contributed by atoms with van der Waals surface area (Å²) >= 11 is 0. The third-order valence-electron chi connectivity index (χ3n) is 9.67. The Kier molecular flexibility index (Phi) is 10.1. The Balaban J connectivity index is 1.79. The molecular formula is C32H56N6O4Si3. The van der Waals surface area contributed by atoms with Crippen molar-refractivity contribution in [2.45, 2.75) is 128 Å². The fourth-order valence-electron chi connectivity index (χ4n) is 4.69. The molecule has 4 heterocycles. The highest BCUT2D eigenvalue weighted by molar-refractivity contribution is 6.76. The molecule has 0 spiro atoms. The monoisotopic (exact) mass is 672 g/mol. The Morgan fingerprint density at radius 3 is 2.20 bits per heavy atom. The van der Waals surface area contributed by atoms with Crippen molar-refractivity contribution >= 4 is 41.8 Å². The Hall–Kier alpha value is -2.17. The van der Waals surface area contributed by atoms with E-state index in [-0.39, 0.29) is 28.2 Å². The van der Waals surface area contributed by atoms with Gasteiger partial charge < -0.3 is 24.1 Å². The summed E-state index contributed by atoms with van der Waals surface area (Å²) in [7, 11) is -5.50. The van der Waals surface area contributed by atoms with E-state index >= 15 is 0 Å². The zero-order valence-corrected chi connectivity index (χ0v) is 32.8. The minimum Gasteiger partial charge on any atom is -0.476 e. The number of nitrogen functional groups attached to an aromatic ring is 1. The number of hydrogen-bond acceptors (Lipinski definition) is 9. The summed E-state index contributed by atoms with van der Waals surface area (Å²) < 4.78 is 29.0. The molecule has 3 atom stereocenters. The zero-order chi connectivity index (χ0) is 33.6. The molecule has 4 rings (SSSR count). The van der Waals surface area contributed by atoms with E-state index in [1.54, 1.807) is 12.4 Å². The quantitative estimate of drug-likeness (QED) is 0.203. The van der Waals surface area contributed by atoms with E-state index in [2.05, 4.69) is 97.3 Å². The standard InChI is InChI=1S/C32H56N6O4Si3/c1-31(2,3)44(10,11)40-21-24-23(42-45(12,13)32(4,5)6)19-25(41-24)38-27(22-15-14-16-34-20-22)35-26-28(38)36-30(33)37-29(26)39-17-18-43(7,8)9/h14-16,20,23-25H,17-19,21H2,1-13H3,(H2,33,36,37)/t23-,24+,25+/m0/s1. The summed E-state index contributed by atoms with van der Waals surface area (Å²) in [6, 6.07) is 4.88. The van der Waals surface area contributed by atoms with Crippen LogP contribution in [0.1, 0.15) is 54.2 Å². The highest BCUT2D eigenvalue weighted by Gasteiger charge is 2.47. The second-order valence-corrected chi connectivity index (χ2v) is 31.8. The number of nitrogens with zero attached hydrogens (tertiary/aromatic N) is 5. The number of hydrogen-bond donors (Lipinski definition) is 1. The van der Waals surface area contributed by atoms with E-state index in [0.717, 1.165) is 11.6 Å². The molecule has 1 saturated heterocycles. The highest BCUT2D eigenvalue weighted by atomic mass is 28.4. The Morgan fingerprint density at radius 2 is 1.62 bits per heavy atom. The van der Waals surface area contributed by atoms with Gasteiger partial charge in [-0.05, 0) is 54.4 Å². The predicted molar refractivity (Wildman–Crippen MR) is 190 cm³/mol. The molecule has 10 nitrogen and oxygen atoms in total. The van der Waals surface area contributed by atoms with Crippen LogP contribution >= 0.6 is 0 Å². The summed E-state index contributed by atoms with van der Waals surface area (Å²) in [4.78, 5) is 18.6. The van der Waals surface area contributed by atoms with Gasteiger partial charge in [0.2, 0.25) is 11.8 Å². The zero-order valence-electron chi connectivity index (χ0n) is 29.8. The molecule has 0 bridgehead atoms. The van der Waals surface area contributed by atoms with Gasteiger partial charge in [0.1, 0.15) is 18.2 Å². The lowest BCUT2D eigenvalue weighted by atomic mass is 10.2. The van der Waals surface area contributed by atoms with Gasteiger partial charge in [0, 0.05) is 32.5 Å². The lowest BCUT2D eigenvalue weighted by Crippen LogP contribution is -2.48. The number of pyridine rings is 1. The van der Waals surface area contributed by atoms with Crippen LogP contribution in [0.2, 0.25) is 61.9 Å². The molecule has 0 saturated carbocycles. The van der Waals surface area contributed by atoms with Crippen LogP contribution in [0.3, 0.4) is 0 Å². The third kappa shape index (κ3) is 8.22. The Bertz CT molecular complexity index is 1460. The smallest absolute Gasteiger partial charge is 0.247 e. The SMILES string of the molecule is CC(C)(C)[Si](C)(C)OC[C@H]1O[C@@H](n2c(-c3cccnc3)nc3c(OCC[Si](C)(C)C)nc(N)nc32)C[C@@H]1O[Si](C)(C)C(C)(C)C. The highest BCUT2D eigenvalue weighted by Crippen LogP contribution is 2.44. The number of aromatic nitrogens is 5. The Morgan fingerprint density at radius 1 is 0.956 bits per heavy atom. The molecule has 0 radical (unpaired) electrons. The maximum absolute atomic E-state index is 7.07. The largest absolute Gasteiger partial charge is 0.476 e. The van der Waals surface area contributed by atoms with E-state index in [0.29, 0.717) is 42.5 Å². The summed E-state index contributed by atoms with van der Waals surface area (Å²) in [5.41, 5.74) is 8.27. The van der Waals surface area contributed by atoms with Crippen LogP contribution in [0.5, 0.6) is 5.88 Å². The van der Waals surface area contributed by atoms with E-state index in [1.165, 1.54) is 0 Å². The van der Waals surface area contributed by atoms with E-state index < -0.39 is 30.9 Å². The van der Waals surface area contributed by atoms with Crippen molar-refractivity contribution in [2.75, 3.05) is 18.9 Å². The molecule has 13 heteroatoms. The first kappa shape index (κ1) is 35.7. The van der Waals surface area contributed by atoms with E-state index in [1.807, 2.05) is 16.7 Å². The molecule has 1 aliphatic rings. The number of nitrogens with two attached hydrogens (primary N) is 1. The number of rotatable bonds is 11. The van der Waals surface area contributed by atoms with E-state index in [4.69, 9.17) is 34.0 Å². The van der Waals surface area contributed by atoms with E-state index in [9.17, 15) is 0 Å². The molecule has 45 heavy (non-hydrogen) atoms. The number of anilines is 1. The van der Waals surface area contributed by atoms with Crippen molar-refractivity contribution in [3.63, 3.8) is 0 Å². The maximum Gasteiger partial charge on any atom is 0.247 e. The molecule has 0 amide bonds. The van der Waals surface area contributed by atoms with Crippen LogP contribution in [0, 0.1) is 0 Å². The van der Waals surface area contributed by atoms with Crippen molar-refractivity contribution in [3.05, 3.63) is 24.5 Å². The lowest BCUT2D eigenvalue weighted by Gasteiger charge is -2.40. The van der Waals surface area contributed by atoms with Crippen molar-refractivity contribution in [2.24, 2.45) is 0 Å². The van der Waals surface area contributed by atoms with Crippen LogP contribution in [-0.2, 0) is 13.6 Å². The van der Waals surface area contributed by atoms with Crippen molar-refractivity contribution in [1.29, 1.82) is 0 Å². The molecule has 250 valence electrons. The van der Waals surface area contributed by atoms with Gasteiger partial charge in [0.15, 0.2) is 27.8 Å². The van der Waals surface area contributed by atoms with Crippen molar-refractivity contribution < 1.29 is 18.3 Å². The van der Waals surface area contributed by atoms with Gasteiger partial charge in [0.05, 0.1) is 19.3 Å². The second kappa shape index (κ2) is 12.8. The molecule has 1 fully saturated rings. The average Bonchev–Trinajstić information content (AvgIpc) is 3.46. The molecular weight excluding hydrogens is 617 g/mol. The molecule has 0 aromatic carbocycles. The van der Waals surface area contributed by atoms with Gasteiger partial charge in [-0.2, -0.15) is 9.97 Å². The van der Waals surface area contributed by atoms with Gasteiger partial charge >= 0.3 is 0 Å². The first-order valence-corrected chi connectivity index (χ1v) is 25.7. The fraction of sp³-hybridized carbons (Fsp3) is 0.688. The van der Waals surface area contributed by atoms with Crippen LogP contribution in [0.25, 0.3) is 22.6 Å². The van der Waals surface area contributed by atoms with Gasteiger partial charge in [-0.15, -0.1) is 0 Å². The minimum atomic E-state index is -2.14. The predicted octanol–water partition coefficient (Wildman–Crippen LogP) is 7.89. The summed E-state index contributed by atoms with van der Waals surface area (Å²) in [5, 5.41) is 0.122. The van der Waals surface area contributed by atoms with Crippen molar-refractivity contribution in [1.82, 2.24) is 24.5 Å². The van der Waals surface area contributed by atoms with Gasteiger partial charge in [0.25, 0.3) is 0 Å². The molecule has 2 N–H and O–H groups in total. The normalized spacial score (nSPS) is 20.2. The first-order chi connectivity index (χ1) is 20.6. The third-order valence-corrected chi connectivity index (χ3v) is 20.4. The number of fused-ring (bicyclic) bond motifs is 1. The van der Waals surface area contributed by atoms with Crippen LogP contribution < -0.4 is 10.5 Å². The number of ether oxygens (including phenoxy) is 2. The molecule has 3 aromatic rings. The van der Waals surface area contributed by atoms with Gasteiger partial charge in [-0.25, -0.2) is 4.98 Å². The molecule has 0 unspecified atom stereocenters. The first-order valence-electron chi connectivity index (χ1n) is 16.2. The topological polar surface area (TPSA) is 119 Å². The van der Waals surface area contributed by atoms with Gasteiger partial charge in [-0.1, -0.05) is 61.2 Å². The van der Waals surface area contributed by atoms with Crippen LogP contribution in [0.4, 0.5) is 5.95 Å². The maximum atomic E-state index is 7.07. The molecule has 3 aromatic heterocycles. The Labute approximate surface area is 273 Å². The minimum absolute atomic E-state index is 0.0440. The fourth-order valence-corrected chi connectivity index (χ4v) is 7.77. The average molecular weight is 673 g/mol. The van der Waals surface area contributed by atoms with Crippen LogP contribution in [-0.4, -0.2) is 74.6 Å². The van der Waals surface area contributed by atoms with Crippen molar-refractivity contribution in [3.8, 4) is 17.3 Å².